The molecule has 22 heavy (non-hydrogen) atoms. The van der Waals surface area contributed by atoms with Crippen molar-refractivity contribution in [3.8, 4) is 5.75 Å². The monoisotopic (exact) mass is 306 g/mol. The molecule has 122 valence electrons. The maximum absolute atomic E-state index is 11.7. The van der Waals surface area contributed by atoms with Crippen molar-refractivity contribution in [1.82, 2.24) is 10.2 Å². The lowest BCUT2D eigenvalue weighted by atomic mass is 10.1. The highest BCUT2D eigenvalue weighted by molar-refractivity contribution is 5.77. The average Bonchev–Trinajstić information content (AvgIpc) is 2.53. The van der Waals surface area contributed by atoms with E-state index in [1.165, 1.54) is 5.56 Å². The molecule has 0 spiro atoms. The highest BCUT2D eigenvalue weighted by atomic mass is 16.5. The van der Waals surface area contributed by atoms with Crippen LogP contribution in [0.2, 0.25) is 0 Å². The summed E-state index contributed by atoms with van der Waals surface area (Å²) in [5, 5.41) is 12.3. The van der Waals surface area contributed by atoms with Crippen molar-refractivity contribution in [3.63, 3.8) is 0 Å². The molecule has 5 heteroatoms. The Bertz CT molecular complexity index is 453. The zero-order chi connectivity index (χ0) is 15.8. The van der Waals surface area contributed by atoms with E-state index in [-0.39, 0.29) is 18.6 Å². The van der Waals surface area contributed by atoms with Gasteiger partial charge >= 0.3 is 0 Å². The number of amides is 1. The number of rotatable bonds is 7. The van der Waals surface area contributed by atoms with E-state index in [9.17, 15) is 9.90 Å². The fraction of sp³-hybridized carbons (Fsp3) is 0.588. The van der Waals surface area contributed by atoms with Crippen molar-refractivity contribution in [2.24, 2.45) is 0 Å². The molecule has 0 atom stereocenters. The first-order valence-electron chi connectivity index (χ1n) is 8.00. The topological polar surface area (TPSA) is 61.8 Å². The van der Waals surface area contributed by atoms with Crippen molar-refractivity contribution in [1.29, 1.82) is 0 Å². The highest BCUT2D eigenvalue weighted by Gasteiger charge is 2.16. The zero-order valence-electron chi connectivity index (χ0n) is 13.3. The first kappa shape index (κ1) is 16.8. The molecule has 1 heterocycles. The van der Waals surface area contributed by atoms with E-state index in [0.29, 0.717) is 12.3 Å². The van der Waals surface area contributed by atoms with Gasteiger partial charge < -0.3 is 20.1 Å². The average molecular weight is 306 g/mol. The van der Waals surface area contributed by atoms with Crippen LogP contribution in [0.1, 0.15) is 24.8 Å². The van der Waals surface area contributed by atoms with Crippen molar-refractivity contribution < 1.29 is 14.6 Å². The summed E-state index contributed by atoms with van der Waals surface area (Å²) in [6, 6.07) is 7.66. The fourth-order valence-electron chi connectivity index (χ4n) is 2.51. The lowest BCUT2D eigenvalue weighted by Crippen LogP contribution is -2.38. The molecule has 1 aliphatic rings. The minimum absolute atomic E-state index is 0.0545. The lowest BCUT2D eigenvalue weighted by Gasteiger charge is -2.29. The summed E-state index contributed by atoms with van der Waals surface area (Å²) in [4.78, 5) is 14.0. The largest absolute Gasteiger partial charge is 0.484 e. The SMILES string of the molecule is Cc1ccc(OCC(=O)NCCCN2CCC(O)CC2)cc1. The van der Waals surface area contributed by atoms with Crippen LogP contribution in [0.4, 0.5) is 0 Å². The molecule has 5 nitrogen and oxygen atoms in total. The molecule has 0 saturated carbocycles. The number of hydrogen-bond donors (Lipinski definition) is 2. The standard InChI is InChI=1S/C17H26N2O3/c1-14-3-5-16(6-4-14)22-13-17(21)18-9-2-10-19-11-7-15(20)8-12-19/h3-6,15,20H,2,7-13H2,1H3,(H,18,21). The summed E-state index contributed by atoms with van der Waals surface area (Å²) in [5.41, 5.74) is 1.17. The summed E-state index contributed by atoms with van der Waals surface area (Å²) in [7, 11) is 0. The predicted octanol–water partition coefficient (Wildman–Crippen LogP) is 1.34. The fourth-order valence-corrected chi connectivity index (χ4v) is 2.51. The predicted molar refractivity (Wildman–Crippen MR) is 86.0 cm³/mol. The van der Waals surface area contributed by atoms with Gasteiger partial charge in [0.25, 0.3) is 5.91 Å². The number of piperidine rings is 1. The van der Waals surface area contributed by atoms with Gasteiger partial charge in [-0.05, 0) is 44.9 Å². The molecule has 1 aromatic carbocycles. The molecular weight excluding hydrogens is 280 g/mol. The maximum atomic E-state index is 11.7. The Morgan fingerprint density at radius 1 is 1.32 bits per heavy atom. The van der Waals surface area contributed by atoms with Gasteiger partial charge in [-0.3, -0.25) is 4.79 Å². The van der Waals surface area contributed by atoms with E-state index in [4.69, 9.17) is 4.74 Å². The van der Waals surface area contributed by atoms with Crippen molar-refractivity contribution in [3.05, 3.63) is 29.8 Å². The van der Waals surface area contributed by atoms with Gasteiger partial charge in [0.2, 0.25) is 0 Å². The van der Waals surface area contributed by atoms with Gasteiger partial charge in [0.15, 0.2) is 6.61 Å². The minimum atomic E-state index is -0.130. The molecule has 0 bridgehead atoms. The Balaban J connectivity index is 1.53. The Morgan fingerprint density at radius 2 is 2.00 bits per heavy atom. The maximum Gasteiger partial charge on any atom is 0.257 e. The Labute approximate surface area is 132 Å². The first-order valence-corrected chi connectivity index (χ1v) is 8.00. The summed E-state index contributed by atoms with van der Waals surface area (Å²) in [6.45, 7) is 5.59. The number of aliphatic hydroxyl groups excluding tert-OH is 1. The van der Waals surface area contributed by atoms with Crippen LogP contribution >= 0.6 is 0 Å². The van der Waals surface area contributed by atoms with Gasteiger partial charge in [0.1, 0.15) is 5.75 Å². The molecule has 0 aliphatic carbocycles. The van der Waals surface area contributed by atoms with E-state index in [1.807, 2.05) is 31.2 Å². The summed E-state index contributed by atoms with van der Waals surface area (Å²) in [5.74, 6) is 0.627. The molecule has 1 aromatic rings. The van der Waals surface area contributed by atoms with Crippen molar-refractivity contribution in [2.75, 3.05) is 32.8 Å². The second-order valence-corrected chi connectivity index (χ2v) is 5.88. The number of likely N-dealkylation sites (tertiary alicyclic amines) is 1. The van der Waals surface area contributed by atoms with Crippen LogP contribution in [-0.2, 0) is 4.79 Å². The number of aryl methyl sites for hydroxylation is 1. The van der Waals surface area contributed by atoms with Gasteiger partial charge in [-0.25, -0.2) is 0 Å². The molecule has 2 N–H and O–H groups in total. The third-order valence-electron chi connectivity index (χ3n) is 3.92. The van der Waals surface area contributed by atoms with Crippen LogP contribution in [0.5, 0.6) is 5.75 Å². The van der Waals surface area contributed by atoms with Gasteiger partial charge in [0.05, 0.1) is 6.10 Å². The number of nitrogens with zero attached hydrogens (tertiary/aromatic N) is 1. The van der Waals surface area contributed by atoms with E-state index < -0.39 is 0 Å². The number of carbonyl (C=O) groups excluding carboxylic acids is 1. The number of benzene rings is 1. The number of hydrogen-bond acceptors (Lipinski definition) is 4. The molecule has 1 saturated heterocycles. The first-order chi connectivity index (χ1) is 10.6. The molecule has 2 rings (SSSR count). The molecule has 1 aliphatic heterocycles. The van der Waals surface area contributed by atoms with Gasteiger partial charge in [0, 0.05) is 19.6 Å². The van der Waals surface area contributed by atoms with E-state index in [1.54, 1.807) is 0 Å². The number of ether oxygens (including phenoxy) is 1. The van der Waals surface area contributed by atoms with E-state index >= 15 is 0 Å². The molecule has 0 aromatic heterocycles. The van der Waals surface area contributed by atoms with Crippen LogP contribution in [0, 0.1) is 6.92 Å². The smallest absolute Gasteiger partial charge is 0.257 e. The summed E-state index contributed by atoms with van der Waals surface area (Å²) >= 11 is 0. The third kappa shape index (κ3) is 6.03. The second kappa shape index (κ2) is 8.76. The molecule has 0 unspecified atom stereocenters. The molecule has 1 amide bonds. The van der Waals surface area contributed by atoms with Crippen LogP contribution in [0.25, 0.3) is 0 Å². The summed E-state index contributed by atoms with van der Waals surface area (Å²) in [6.07, 6.45) is 2.51. The Morgan fingerprint density at radius 3 is 2.68 bits per heavy atom. The minimum Gasteiger partial charge on any atom is -0.484 e. The summed E-state index contributed by atoms with van der Waals surface area (Å²) < 4.78 is 5.43. The van der Waals surface area contributed by atoms with Gasteiger partial charge in [-0.1, -0.05) is 17.7 Å². The quantitative estimate of drug-likeness (QED) is 0.746. The number of carbonyl (C=O) groups is 1. The van der Waals surface area contributed by atoms with Crippen molar-refractivity contribution in [2.45, 2.75) is 32.3 Å². The molecular formula is C17H26N2O3. The third-order valence-corrected chi connectivity index (χ3v) is 3.92. The van der Waals surface area contributed by atoms with Crippen LogP contribution < -0.4 is 10.1 Å². The Hall–Kier alpha value is -1.59. The second-order valence-electron chi connectivity index (χ2n) is 5.88. The van der Waals surface area contributed by atoms with Crippen LogP contribution in [0.15, 0.2) is 24.3 Å². The van der Waals surface area contributed by atoms with Crippen LogP contribution in [0.3, 0.4) is 0 Å². The molecule has 1 fully saturated rings. The van der Waals surface area contributed by atoms with E-state index in [0.717, 1.165) is 38.9 Å². The van der Waals surface area contributed by atoms with E-state index in [2.05, 4.69) is 10.2 Å². The number of aliphatic hydroxyl groups is 1. The van der Waals surface area contributed by atoms with Gasteiger partial charge in [-0.15, -0.1) is 0 Å². The van der Waals surface area contributed by atoms with Crippen molar-refractivity contribution >= 4 is 5.91 Å². The van der Waals surface area contributed by atoms with Gasteiger partial charge in [-0.2, -0.15) is 0 Å². The van der Waals surface area contributed by atoms with Crippen LogP contribution in [-0.4, -0.2) is 54.8 Å². The zero-order valence-corrected chi connectivity index (χ0v) is 13.3. The number of nitrogens with one attached hydrogen (secondary N) is 1. The lowest BCUT2D eigenvalue weighted by molar-refractivity contribution is -0.123. The highest BCUT2D eigenvalue weighted by Crippen LogP contribution is 2.11. The Kier molecular flexibility index (Phi) is 6.68. The normalized spacial score (nSPS) is 16.5. The molecule has 0 radical (unpaired) electrons.